The number of aryl methyl sites for hydroxylation is 1. The van der Waals surface area contributed by atoms with Crippen LogP contribution >= 0.6 is 0 Å². The van der Waals surface area contributed by atoms with Crippen molar-refractivity contribution in [2.24, 2.45) is 0 Å². The van der Waals surface area contributed by atoms with Crippen LogP contribution in [0.1, 0.15) is 50.5 Å². The Morgan fingerprint density at radius 2 is 1.85 bits per heavy atom. The molecule has 1 aliphatic rings. The normalized spacial score (nSPS) is 17.6. The zero-order chi connectivity index (χ0) is 18.9. The summed E-state index contributed by atoms with van der Waals surface area (Å²) in [5, 5.41) is 12.5. The molecule has 6 heteroatoms. The quantitative estimate of drug-likeness (QED) is 0.680. The molecule has 0 amide bonds. The molecule has 2 aromatic rings. The standard InChI is InChI=1S/C21H32N6/c1-3-5-14-27-21(22-23-24-27)20(4-2)26-17-15-25(16-18-26)13-9-12-19-10-7-6-8-11-19/h6-12,20H,3-5,13-18H2,1-2H3/b12-9+. The van der Waals surface area contributed by atoms with E-state index in [0.717, 1.165) is 64.4 Å². The Labute approximate surface area is 162 Å². The molecule has 0 aliphatic carbocycles. The van der Waals surface area contributed by atoms with Gasteiger partial charge in [0.25, 0.3) is 0 Å². The molecule has 3 rings (SSSR count). The highest BCUT2D eigenvalue weighted by atomic mass is 15.5. The van der Waals surface area contributed by atoms with E-state index in [1.807, 2.05) is 4.68 Å². The molecular formula is C21H32N6. The Morgan fingerprint density at radius 3 is 2.56 bits per heavy atom. The number of rotatable bonds is 9. The molecule has 0 saturated carbocycles. The number of hydrogen-bond acceptors (Lipinski definition) is 5. The van der Waals surface area contributed by atoms with Crippen LogP contribution in [0.4, 0.5) is 0 Å². The average Bonchev–Trinajstić information content (AvgIpc) is 3.17. The number of unbranched alkanes of at least 4 members (excludes halogenated alkanes) is 1. The third-order valence-corrected chi connectivity index (χ3v) is 5.29. The molecular weight excluding hydrogens is 336 g/mol. The first-order valence-corrected chi connectivity index (χ1v) is 10.3. The van der Waals surface area contributed by atoms with Gasteiger partial charge in [-0.1, -0.05) is 62.8 Å². The second kappa shape index (κ2) is 10.3. The average molecular weight is 369 g/mol. The van der Waals surface area contributed by atoms with Crippen molar-refractivity contribution in [1.82, 2.24) is 30.0 Å². The molecule has 0 spiro atoms. The van der Waals surface area contributed by atoms with Gasteiger partial charge in [0, 0.05) is 39.3 Å². The van der Waals surface area contributed by atoms with Crippen LogP contribution in [0.15, 0.2) is 36.4 Å². The fraction of sp³-hybridized carbons (Fsp3) is 0.571. The van der Waals surface area contributed by atoms with E-state index in [1.54, 1.807) is 0 Å². The molecule has 1 aliphatic heterocycles. The molecule has 1 fully saturated rings. The summed E-state index contributed by atoms with van der Waals surface area (Å²) in [7, 11) is 0. The maximum Gasteiger partial charge on any atom is 0.168 e. The molecule has 0 N–H and O–H groups in total. The molecule has 1 aromatic heterocycles. The van der Waals surface area contributed by atoms with Crippen LogP contribution in [0.25, 0.3) is 6.08 Å². The molecule has 0 radical (unpaired) electrons. The van der Waals surface area contributed by atoms with Crippen molar-refractivity contribution in [2.45, 2.75) is 45.7 Å². The summed E-state index contributed by atoms with van der Waals surface area (Å²) in [5.74, 6) is 1.03. The maximum absolute atomic E-state index is 4.35. The van der Waals surface area contributed by atoms with Gasteiger partial charge >= 0.3 is 0 Å². The van der Waals surface area contributed by atoms with Crippen LogP contribution in [0, 0.1) is 0 Å². The van der Waals surface area contributed by atoms with Crippen LogP contribution in [0.2, 0.25) is 0 Å². The van der Waals surface area contributed by atoms with Gasteiger partial charge in [0.2, 0.25) is 0 Å². The Kier molecular flexibility index (Phi) is 7.54. The van der Waals surface area contributed by atoms with Gasteiger partial charge in [0.05, 0.1) is 6.04 Å². The summed E-state index contributed by atoms with van der Waals surface area (Å²) in [6.07, 6.45) is 7.80. The van der Waals surface area contributed by atoms with Crippen molar-refractivity contribution in [3.63, 3.8) is 0 Å². The summed E-state index contributed by atoms with van der Waals surface area (Å²) in [6, 6.07) is 10.8. The lowest BCUT2D eigenvalue weighted by Crippen LogP contribution is -2.47. The van der Waals surface area contributed by atoms with Gasteiger partial charge in [0.15, 0.2) is 5.82 Å². The van der Waals surface area contributed by atoms with E-state index in [0.29, 0.717) is 6.04 Å². The van der Waals surface area contributed by atoms with Gasteiger partial charge in [-0.05, 0) is 28.8 Å². The Morgan fingerprint density at radius 1 is 1.07 bits per heavy atom. The van der Waals surface area contributed by atoms with Crippen molar-refractivity contribution in [3.05, 3.63) is 47.8 Å². The summed E-state index contributed by atoms with van der Waals surface area (Å²) >= 11 is 0. The van der Waals surface area contributed by atoms with Crippen LogP contribution in [0.3, 0.4) is 0 Å². The predicted molar refractivity (Wildman–Crippen MR) is 109 cm³/mol. The largest absolute Gasteiger partial charge is 0.297 e. The molecule has 1 unspecified atom stereocenters. The van der Waals surface area contributed by atoms with Gasteiger partial charge in [-0.15, -0.1) is 5.10 Å². The van der Waals surface area contributed by atoms with Crippen LogP contribution in [-0.2, 0) is 6.54 Å². The van der Waals surface area contributed by atoms with Gasteiger partial charge in [-0.25, -0.2) is 4.68 Å². The third-order valence-electron chi connectivity index (χ3n) is 5.29. The lowest BCUT2D eigenvalue weighted by atomic mass is 10.1. The topological polar surface area (TPSA) is 50.1 Å². The van der Waals surface area contributed by atoms with Gasteiger partial charge in [-0.3, -0.25) is 9.80 Å². The lowest BCUT2D eigenvalue weighted by Gasteiger charge is -2.38. The van der Waals surface area contributed by atoms with E-state index in [4.69, 9.17) is 0 Å². The van der Waals surface area contributed by atoms with Crippen molar-refractivity contribution in [2.75, 3.05) is 32.7 Å². The van der Waals surface area contributed by atoms with Crippen molar-refractivity contribution in [3.8, 4) is 0 Å². The summed E-state index contributed by atoms with van der Waals surface area (Å²) in [5.41, 5.74) is 1.26. The summed E-state index contributed by atoms with van der Waals surface area (Å²) in [4.78, 5) is 5.06. The maximum atomic E-state index is 4.35. The first-order chi connectivity index (χ1) is 13.3. The van der Waals surface area contributed by atoms with E-state index < -0.39 is 0 Å². The second-order valence-corrected chi connectivity index (χ2v) is 7.19. The van der Waals surface area contributed by atoms with E-state index in [9.17, 15) is 0 Å². The van der Waals surface area contributed by atoms with Crippen LogP contribution < -0.4 is 0 Å². The summed E-state index contributed by atoms with van der Waals surface area (Å²) in [6.45, 7) is 10.7. The highest BCUT2D eigenvalue weighted by Gasteiger charge is 2.27. The van der Waals surface area contributed by atoms with Crippen molar-refractivity contribution in [1.29, 1.82) is 0 Å². The number of tetrazole rings is 1. The van der Waals surface area contributed by atoms with E-state index >= 15 is 0 Å². The fourth-order valence-corrected chi connectivity index (χ4v) is 3.68. The van der Waals surface area contributed by atoms with E-state index in [-0.39, 0.29) is 0 Å². The molecule has 1 saturated heterocycles. The van der Waals surface area contributed by atoms with E-state index in [1.165, 1.54) is 5.56 Å². The minimum absolute atomic E-state index is 0.318. The number of aromatic nitrogens is 4. The predicted octanol–water partition coefficient (Wildman–Crippen LogP) is 3.26. The molecule has 0 bridgehead atoms. The molecule has 2 heterocycles. The molecule has 146 valence electrons. The van der Waals surface area contributed by atoms with Crippen LogP contribution in [0.5, 0.6) is 0 Å². The van der Waals surface area contributed by atoms with E-state index in [2.05, 4.69) is 81.7 Å². The second-order valence-electron chi connectivity index (χ2n) is 7.19. The zero-order valence-electron chi connectivity index (χ0n) is 16.7. The minimum Gasteiger partial charge on any atom is -0.297 e. The van der Waals surface area contributed by atoms with Gasteiger partial charge in [-0.2, -0.15) is 0 Å². The van der Waals surface area contributed by atoms with Crippen LogP contribution in [-0.4, -0.2) is 62.7 Å². The fourth-order valence-electron chi connectivity index (χ4n) is 3.68. The highest BCUT2D eigenvalue weighted by Crippen LogP contribution is 2.23. The molecule has 1 aromatic carbocycles. The molecule has 6 nitrogen and oxygen atoms in total. The number of hydrogen-bond donors (Lipinski definition) is 0. The van der Waals surface area contributed by atoms with Crippen molar-refractivity contribution < 1.29 is 0 Å². The SMILES string of the molecule is CCCCn1nnnc1C(CC)N1CCN(C/C=C/c2ccccc2)CC1. The lowest BCUT2D eigenvalue weighted by molar-refractivity contribution is 0.0946. The molecule has 27 heavy (non-hydrogen) atoms. The number of nitrogens with zero attached hydrogens (tertiary/aromatic N) is 6. The Hall–Kier alpha value is -2.05. The Balaban J connectivity index is 1.51. The third kappa shape index (κ3) is 5.47. The highest BCUT2D eigenvalue weighted by molar-refractivity contribution is 5.48. The number of piperazine rings is 1. The first-order valence-electron chi connectivity index (χ1n) is 10.3. The van der Waals surface area contributed by atoms with Crippen molar-refractivity contribution >= 4 is 6.08 Å². The van der Waals surface area contributed by atoms with Gasteiger partial charge in [0.1, 0.15) is 0 Å². The summed E-state index contributed by atoms with van der Waals surface area (Å²) < 4.78 is 2.01. The monoisotopic (exact) mass is 368 g/mol. The number of benzene rings is 1. The van der Waals surface area contributed by atoms with Gasteiger partial charge < -0.3 is 0 Å². The first kappa shape index (κ1) is 19.7. The Bertz CT molecular complexity index is 688. The minimum atomic E-state index is 0.318. The zero-order valence-corrected chi connectivity index (χ0v) is 16.7. The molecule has 1 atom stereocenters. The smallest absolute Gasteiger partial charge is 0.168 e.